The van der Waals surface area contributed by atoms with Crippen molar-refractivity contribution >= 4 is 23.7 Å². The summed E-state index contributed by atoms with van der Waals surface area (Å²) in [5, 5.41) is 10.6. The first-order valence-electron chi connectivity index (χ1n) is 4.22. The average Bonchev–Trinajstić information content (AvgIpc) is 2.19. The summed E-state index contributed by atoms with van der Waals surface area (Å²) in [4.78, 5) is 20.2. The van der Waals surface area contributed by atoms with E-state index in [1.54, 1.807) is 13.0 Å². The zero-order valence-corrected chi connectivity index (χ0v) is 8.14. The number of nitro benzene ring substituents is 1. The molecule has 0 fully saturated rings. The second-order valence-electron chi connectivity index (χ2n) is 3.02. The van der Waals surface area contributed by atoms with Gasteiger partial charge in [-0.15, -0.1) is 0 Å². The lowest BCUT2D eigenvalue weighted by atomic mass is 10.1. The number of aryl methyl sites for hydroxylation is 1. The molecule has 0 spiro atoms. The Morgan fingerprint density at radius 1 is 1.47 bits per heavy atom. The molecule has 0 aliphatic rings. The van der Waals surface area contributed by atoms with Crippen molar-refractivity contribution in [1.29, 1.82) is 0 Å². The first kappa shape index (κ1) is 10.9. The van der Waals surface area contributed by atoms with Crippen molar-refractivity contribution < 1.29 is 9.72 Å². The normalized spacial score (nSPS) is 10.5. The van der Waals surface area contributed by atoms with Crippen LogP contribution in [0.25, 0.3) is 6.08 Å². The summed E-state index contributed by atoms with van der Waals surface area (Å²) in [5.41, 5.74) is 6.77. The van der Waals surface area contributed by atoms with E-state index in [4.69, 9.17) is 5.73 Å². The number of hydrogen-bond donors (Lipinski definition) is 1. The van der Waals surface area contributed by atoms with Crippen LogP contribution in [0.5, 0.6) is 0 Å². The monoisotopic (exact) mass is 206 g/mol. The molecule has 1 rings (SSSR count). The van der Waals surface area contributed by atoms with Gasteiger partial charge in [0.15, 0.2) is 0 Å². The molecule has 0 aliphatic carbocycles. The molecule has 0 aliphatic heterocycles. The summed E-state index contributed by atoms with van der Waals surface area (Å²) in [6.07, 6.45) is 3.37. The van der Waals surface area contributed by atoms with Crippen molar-refractivity contribution in [3.8, 4) is 0 Å². The van der Waals surface area contributed by atoms with E-state index in [0.29, 0.717) is 17.4 Å². The Labute approximate surface area is 86.4 Å². The van der Waals surface area contributed by atoms with Gasteiger partial charge in [0.2, 0.25) is 0 Å². The Morgan fingerprint density at radius 2 is 2.13 bits per heavy atom. The molecule has 1 aromatic carbocycles. The van der Waals surface area contributed by atoms with Gasteiger partial charge in [-0.25, -0.2) is 0 Å². The van der Waals surface area contributed by atoms with E-state index in [1.165, 1.54) is 18.2 Å². The highest BCUT2D eigenvalue weighted by molar-refractivity contribution is 5.76. The first-order chi connectivity index (χ1) is 7.06. The number of nitrogen functional groups attached to an aromatic ring is 1. The fourth-order valence-corrected chi connectivity index (χ4v) is 1.20. The predicted molar refractivity (Wildman–Crippen MR) is 57.3 cm³/mol. The van der Waals surface area contributed by atoms with Crippen molar-refractivity contribution in [2.75, 3.05) is 5.73 Å². The number of carbonyl (C=O) groups excluding carboxylic acids is 1. The molecule has 0 atom stereocenters. The quantitative estimate of drug-likeness (QED) is 0.268. The molecule has 0 amide bonds. The number of allylic oxidation sites excluding steroid dienone is 1. The molecule has 0 aromatic heterocycles. The average molecular weight is 206 g/mol. The lowest BCUT2D eigenvalue weighted by molar-refractivity contribution is -0.383. The maximum atomic E-state index is 10.6. The van der Waals surface area contributed by atoms with Crippen LogP contribution in [0, 0.1) is 17.0 Å². The van der Waals surface area contributed by atoms with Gasteiger partial charge in [0, 0.05) is 6.07 Å². The Balaban J connectivity index is 3.29. The SMILES string of the molecule is Cc1cc(C=CC=O)cc([N+](=O)[O-])c1N. The molecule has 78 valence electrons. The van der Waals surface area contributed by atoms with Crippen LogP contribution in [-0.4, -0.2) is 11.2 Å². The van der Waals surface area contributed by atoms with Crippen molar-refractivity contribution in [2.45, 2.75) is 6.92 Å². The molecule has 0 heterocycles. The number of nitro groups is 1. The Bertz CT molecular complexity index is 439. The predicted octanol–water partition coefficient (Wildman–Crippen LogP) is 1.70. The van der Waals surface area contributed by atoms with Gasteiger partial charge in [-0.1, -0.05) is 6.08 Å². The number of nitrogens with zero attached hydrogens (tertiary/aromatic N) is 1. The van der Waals surface area contributed by atoms with Gasteiger partial charge in [0.1, 0.15) is 12.0 Å². The van der Waals surface area contributed by atoms with Crippen LogP contribution in [0.2, 0.25) is 0 Å². The van der Waals surface area contributed by atoms with E-state index in [9.17, 15) is 14.9 Å². The highest BCUT2D eigenvalue weighted by Crippen LogP contribution is 2.26. The van der Waals surface area contributed by atoms with Crippen LogP contribution >= 0.6 is 0 Å². The van der Waals surface area contributed by atoms with Crippen LogP contribution in [0.1, 0.15) is 11.1 Å². The summed E-state index contributed by atoms with van der Waals surface area (Å²) in [7, 11) is 0. The molecule has 0 saturated carbocycles. The molecular formula is C10H10N2O3. The summed E-state index contributed by atoms with van der Waals surface area (Å²) in [5.74, 6) is 0. The van der Waals surface area contributed by atoms with Crippen molar-refractivity contribution in [3.05, 3.63) is 39.4 Å². The summed E-state index contributed by atoms with van der Waals surface area (Å²) >= 11 is 0. The number of rotatable bonds is 3. The van der Waals surface area contributed by atoms with Gasteiger partial charge in [-0.05, 0) is 30.2 Å². The van der Waals surface area contributed by atoms with Crippen molar-refractivity contribution in [2.24, 2.45) is 0 Å². The zero-order chi connectivity index (χ0) is 11.4. The molecular weight excluding hydrogens is 196 g/mol. The maximum absolute atomic E-state index is 10.6. The molecule has 5 nitrogen and oxygen atoms in total. The lowest BCUT2D eigenvalue weighted by Crippen LogP contribution is -1.98. The summed E-state index contributed by atoms with van der Waals surface area (Å²) in [6, 6.07) is 3.02. The third-order valence-electron chi connectivity index (χ3n) is 1.95. The number of anilines is 1. The Morgan fingerprint density at radius 3 is 2.67 bits per heavy atom. The Hall–Kier alpha value is -2.17. The van der Waals surface area contributed by atoms with E-state index in [1.807, 2.05) is 0 Å². The molecule has 0 radical (unpaired) electrons. The minimum atomic E-state index is -0.541. The number of carbonyl (C=O) groups is 1. The molecule has 0 saturated heterocycles. The Kier molecular flexibility index (Phi) is 3.17. The van der Waals surface area contributed by atoms with Gasteiger partial charge in [0.05, 0.1) is 4.92 Å². The van der Waals surface area contributed by atoms with Gasteiger partial charge >= 0.3 is 0 Å². The van der Waals surface area contributed by atoms with Crippen LogP contribution in [0.15, 0.2) is 18.2 Å². The third-order valence-corrected chi connectivity index (χ3v) is 1.95. The minimum absolute atomic E-state index is 0.138. The third kappa shape index (κ3) is 2.40. The van der Waals surface area contributed by atoms with Crippen molar-refractivity contribution in [3.63, 3.8) is 0 Å². The fourth-order valence-electron chi connectivity index (χ4n) is 1.20. The smallest absolute Gasteiger partial charge is 0.292 e. The van der Waals surface area contributed by atoms with Crippen LogP contribution in [0.4, 0.5) is 11.4 Å². The molecule has 5 heteroatoms. The van der Waals surface area contributed by atoms with E-state index < -0.39 is 4.92 Å². The highest BCUT2D eigenvalue weighted by Gasteiger charge is 2.13. The van der Waals surface area contributed by atoms with E-state index in [-0.39, 0.29) is 11.4 Å². The summed E-state index contributed by atoms with van der Waals surface area (Å²) in [6.45, 7) is 1.68. The topological polar surface area (TPSA) is 86.2 Å². The maximum Gasteiger partial charge on any atom is 0.292 e. The highest BCUT2D eigenvalue weighted by atomic mass is 16.6. The largest absolute Gasteiger partial charge is 0.393 e. The van der Waals surface area contributed by atoms with E-state index >= 15 is 0 Å². The van der Waals surface area contributed by atoms with Crippen LogP contribution in [0.3, 0.4) is 0 Å². The zero-order valence-electron chi connectivity index (χ0n) is 8.14. The first-order valence-corrected chi connectivity index (χ1v) is 4.22. The van der Waals surface area contributed by atoms with Crippen LogP contribution < -0.4 is 5.73 Å². The van der Waals surface area contributed by atoms with Gasteiger partial charge in [0.25, 0.3) is 5.69 Å². The van der Waals surface area contributed by atoms with Gasteiger partial charge in [-0.3, -0.25) is 14.9 Å². The van der Waals surface area contributed by atoms with Gasteiger partial charge in [-0.2, -0.15) is 0 Å². The number of aldehydes is 1. The van der Waals surface area contributed by atoms with Crippen LogP contribution in [-0.2, 0) is 4.79 Å². The fraction of sp³-hybridized carbons (Fsp3) is 0.100. The number of nitrogens with two attached hydrogens (primary N) is 1. The summed E-state index contributed by atoms with van der Waals surface area (Å²) < 4.78 is 0. The van der Waals surface area contributed by atoms with E-state index in [2.05, 4.69) is 0 Å². The number of benzene rings is 1. The molecule has 2 N–H and O–H groups in total. The second-order valence-corrected chi connectivity index (χ2v) is 3.02. The second kappa shape index (κ2) is 4.36. The minimum Gasteiger partial charge on any atom is -0.393 e. The van der Waals surface area contributed by atoms with Crippen molar-refractivity contribution in [1.82, 2.24) is 0 Å². The number of hydrogen-bond acceptors (Lipinski definition) is 4. The molecule has 15 heavy (non-hydrogen) atoms. The van der Waals surface area contributed by atoms with Gasteiger partial charge < -0.3 is 5.73 Å². The van der Waals surface area contributed by atoms with E-state index in [0.717, 1.165) is 0 Å². The standard InChI is InChI=1S/C10H10N2O3/c1-7-5-8(3-2-4-13)6-9(10(7)11)12(14)15/h2-6H,11H2,1H3. The molecule has 0 bridgehead atoms. The molecule has 0 unspecified atom stereocenters. The molecule has 1 aromatic rings. The lowest BCUT2D eigenvalue weighted by Gasteiger charge is -2.02.